The Morgan fingerprint density at radius 3 is 2.52 bits per heavy atom. The number of hydrogen-bond donors (Lipinski definition) is 1. The van der Waals surface area contributed by atoms with Gasteiger partial charge in [0.2, 0.25) is 5.91 Å². The zero-order chi connectivity index (χ0) is 19.2. The van der Waals surface area contributed by atoms with Crippen LogP contribution >= 0.6 is 0 Å². The molecule has 1 aromatic heterocycles. The third kappa shape index (κ3) is 4.25. The van der Waals surface area contributed by atoms with Crippen molar-refractivity contribution >= 4 is 16.8 Å². The van der Waals surface area contributed by atoms with Crippen molar-refractivity contribution in [1.82, 2.24) is 14.9 Å². The number of nitrogens with one attached hydrogen (secondary N) is 1. The molecule has 0 atom stereocenters. The van der Waals surface area contributed by atoms with E-state index in [0.29, 0.717) is 28.9 Å². The Kier molecular flexibility index (Phi) is 5.71. The standard InChI is InChI=1S/C20H21N3O4/c1-26-17-10-15-16(11-18(17)27-2)22-13-23(20(15)25)9-8-19(24)21-12-14-6-4-3-5-7-14/h3-7,10-11,13H,8-9,12H2,1-2H3,(H,21,24). The van der Waals surface area contributed by atoms with Gasteiger partial charge in [0.1, 0.15) is 0 Å². The molecular formula is C20H21N3O4. The van der Waals surface area contributed by atoms with Gasteiger partial charge in [0.25, 0.3) is 5.56 Å². The van der Waals surface area contributed by atoms with E-state index in [9.17, 15) is 9.59 Å². The van der Waals surface area contributed by atoms with Crippen molar-refractivity contribution < 1.29 is 14.3 Å². The molecular weight excluding hydrogens is 346 g/mol. The number of rotatable bonds is 7. The highest BCUT2D eigenvalue weighted by atomic mass is 16.5. The molecule has 0 aliphatic rings. The van der Waals surface area contributed by atoms with Gasteiger partial charge in [-0.15, -0.1) is 0 Å². The predicted octanol–water partition coefficient (Wildman–Crippen LogP) is 2.12. The van der Waals surface area contributed by atoms with Crippen molar-refractivity contribution in [3.05, 3.63) is 64.7 Å². The van der Waals surface area contributed by atoms with Crippen LogP contribution < -0.4 is 20.3 Å². The van der Waals surface area contributed by atoms with E-state index in [2.05, 4.69) is 10.3 Å². The lowest BCUT2D eigenvalue weighted by Gasteiger charge is -2.11. The number of benzene rings is 2. The van der Waals surface area contributed by atoms with Gasteiger partial charge in [0.15, 0.2) is 11.5 Å². The molecule has 2 aromatic carbocycles. The molecule has 1 amide bonds. The lowest BCUT2D eigenvalue weighted by atomic mass is 10.2. The van der Waals surface area contributed by atoms with Crippen LogP contribution in [-0.4, -0.2) is 29.7 Å². The van der Waals surface area contributed by atoms with Gasteiger partial charge in [-0.05, 0) is 11.6 Å². The number of aryl methyl sites for hydroxylation is 1. The van der Waals surface area contributed by atoms with Crippen LogP contribution in [0, 0.1) is 0 Å². The molecule has 0 bridgehead atoms. The summed E-state index contributed by atoms with van der Waals surface area (Å²) in [6.07, 6.45) is 1.63. The second-order valence-electron chi connectivity index (χ2n) is 5.98. The van der Waals surface area contributed by atoms with Crippen LogP contribution in [0.3, 0.4) is 0 Å². The van der Waals surface area contributed by atoms with Crippen LogP contribution in [0.4, 0.5) is 0 Å². The van der Waals surface area contributed by atoms with E-state index in [1.807, 2.05) is 30.3 Å². The average Bonchev–Trinajstić information content (AvgIpc) is 2.71. The minimum Gasteiger partial charge on any atom is -0.493 e. The van der Waals surface area contributed by atoms with Crippen molar-refractivity contribution in [3.63, 3.8) is 0 Å². The van der Waals surface area contributed by atoms with E-state index >= 15 is 0 Å². The van der Waals surface area contributed by atoms with E-state index in [1.54, 1.807) is 12.1 Å². The Bertz CT molecular complexity index is 999. The van der Waals surface area contributed by atoms with Crippen LogP contribution in [0.2, 0.25) is 0 Å². The molecule has 0 aliphatic carbocycles. The highest BCUT2D eigenvalue weighted by Crippen LogP contribution is 2.29. The van der Waals surface area contributed by atoms with Gasteiger partial charge in [0.05, 0.1) is 31.4 Å². The normalized spacial score (nSPS) is 10.6. The maximum atomic E-state index is 12.7. The summed E-state index contributed by atoms with van der Waals surface area (Å²) in [5, 5.41) is 3.26. The SMILES string of the molecule is COc1cc2ncn(CCC(=O)NCc3ccccc3)c(=O)c2cc1OC. The third-order valence-corrected chi connectivity index (χ3v) is 4.24. The Morgan fingerprint density at radius 2 is 1.81 bits per heavy atom. The van der Waals surface area contributed by atoms with E-state index in [1.165, 1.54) is 25.1 Å². The minimum atomic E-state index is -0.225. The fourth-order valence-electron chi connectivity index (χ4n) is 2.75. The predicted molar refractivity (Wildman–Crippen MR) is 102 cm³/mol. The molecule has 0 radical (unpaired) electrons. The molecule has 0 fully saturated rings. The minimum absolute atomic E-state index is 0.127. The van der Waals surface area contributed by atoms with E-state index in [0.717, 1.165) is 5.56 Å². The number of carbonyl (C=O) groups is 1. The van der Waals surface area contributed by atoms with E-state index in [-0.39, 0.29) is 24.4 Å². The number of methoxy groups -OCH3 is 2. The van der Waals surface area contributed by atoms with Crippen LogP contribution in [-0.2, 0) is 17.9 Å². The van der Waals surface area contributed by atoms with Crippen molar-refractivity contribution in [1.29, 1.82) is 0 Å². The van der Waals surface area contributed by atoms with Crippen LogP contribution in [0.1, 0.15) is 12.0 Å². The first kappa shape index (κ1) is 18.4. The van der Waals surface area contributed by atoms with Gasteiger partial charge in [-0.1, -0.05) is 30.3 Å². The number of carbonyl (C=O) groups excluding carboxylic acids is 1. The van der Waals surface area contributed by atoms with E-state index < -0.39 is 0 Å². The van der Waals surface area contributed by atoms with Crippen LogP contribution in [0.5, 0.6) is 11.5 Å². The molecule has 1 N–H and O–H groups in total. The topological polar surface area (TPSA) is 82.5 Å². The summed E-state index contributed by atoms with van der Waals surface area (Å²) in [6, 6.07) is 12.9. The number of amides is 1. The Hall–Kier alpha value is -3.35. The van der Waals surface area contributed by atoms with Crippen molar-refractivity contribution in [2.45, 2.75) is 19.5 Å². The Morgan fingerprint density at radius 1 is 1.11 bits per heavy atom. The molecule has 0 aliphatic heterocycles. The maximum absolute atomic E-state index is 12.7. The average molecular weight is 367 g/mol. The number of aromatic nitrogens is 2. The summed E-state index contributed by atoms with van der Waals surface area (Å²) < 4.78 is 11.9. The number of ether oxygens (including phenoxy) is 2. The highest BCUT2D eigenvalue weighted by Gasteiger charge is 2.11. The molecule has 1 heterocycles. The fraction of sp³-hybridized carbons (Fsp3) is 0.250. The van der Waals surface area contributed by atoms with Gasteiger partial charge < -0.3 is 14.8 Å². The molecule has 0 saturated carbocycles. The van der Waals surface area contributed by atoms with Crippen molar-refractivity contribution in [2.24, 2.45) is 0 Å². The second kappa shape index (κ2) is 8.35. The van der Waals surface area contributed by atoms with E-state index in [4.69, 9.17) is 9.47 Å². The molecule has 3 aromatic rings. The Labute approximate surface area is 156 Å². The fourth-order valence-corrected chi connectivity index (χ4v) is 2.75. The number of hydrogen-bond acceptors (Lipinski definition) is 5. The Balaban J connectivity index is 1.70. The molecule has 0 spiro atoms. The van der Waals surface area contributed by atoms with Gasteiger partial charge in [-0.3, -0.25) is 14.2 Å². The summed E-state index contributed by atoms with van der Waals surface area (Å²) in [5.74, 6) is 0.843. The molecule has 7 nitrogen and oxygen atoms in total. The summed E-state index contributed by atoms with van der Waals surface area (Å²) in [7, 11) is 3.04. The molecule has 7 heteroatoms. The van der Waals surface area contributed by atoms with Gasteiger partial charge in [-0.25, -0.2) is 4.98 Å². The second-order valence-corrected chi connectivity index (χ2v) is 5.98. The van der Waals surface area contributed by atoms with Gasteiger partial charge in [0, 0.05) is 25.6 Å². The summed E-state index contributed by atoms with van der Waals surface area (Å²) in [6.45, 7) is 0.707. The molecule has 3 rings (SSSR count). The van der Waals surface area contributed by atoms with Gasteiger partial charge in [-0.2, -0.15) is 0 Å². The van der Waals surface area contributed by atoms with Crippen LogP contribution in [0.15, 0.2) is 53.6 Å². The zero-order valence-corrected chi connectivity index (χ0v) is 15.3. The number of nitrogens with zero attached hydrogens (tertiary/aromatic N) is 2. The molecule has 140 valence electrons. The zero-order valence-electron chi connectivity index (χ0n) is 15.3. The highest BCUT2D eigenvalue weighted by molar-refractivity contribution is 5.81. The largest absolute Gasteiger partial charge is 0.493 e. The first-order valence-electron chi connectivity index (χ1n) is 8.54. The molecule has 0 unspecified atom stereocenters. The molecule has 0 saturated heterocycles. The van der Waals surface area contributed by atoms with Crippen molar-refractivity contribution in [2.75, 3.05) is 14.2 Å². The maximum Gasteiger partial charge on any atom is 0.261 e. The van der Waals surface area contributed by atoms with Crippen LogP contribution in [0.25, 0.3) is 10.9 Å². The first-order chi connectivity index (χ1) is 13.1. The van der Waals surface area contributed by atoms with Gasteiger partial charge >= 0.3 is 0 Å². The quantitative estimate of drug-likeness (QED) is 0.692. The first-order valence-corrected chi connectivity index (χ1v) is 8.54. The monoisotopic (exact) mass is 367 g/mol. The number of fused-ring (bicyclic) bond motifs is 1. The lowest BCUT2D eigenvalue weighted by molar-refractivity contribution is -0.121. The summed E-state index contributed by atoms with van der Waals surface area (Å²) in [4.78, 5) is 29.0. The third-order valence-electron chi connectivity index (χ3n) is 4.24. The smallest absolute Gasteiger partial charge is 0.261 e. The molecule has 27 heavy (non-hydrogen) atoms. The van der Waals surface area contributed by atoms with Crippen molar-refractivity contribution in [3.8, 4) is 11.5 Å². The lowest BCUT2D eigenvalue weighted by Crippen LogP contribution is -2.27. The summed E-state index contributed by atoms with van der Waals surface area (Å²) in [5.41, 5.74) is 1.32. The summed E-state index contributed by atoms with van der Waals surface area (Å²) >= 11 is 0.